The predicted molar refractivity (Wildman–Crippen MR) is 102 cm³/mol. The molecular formula is C21H30N2O4. The Bertz CT molecular complexity index is 656. The van der Waals surface area contributed by atoms with Crippen LogP contribution in [0.2, 0.25) is 0 Å². The van der Waals surface area contributed by atoms with Crippen molar-refractivity contribution in [3.8, 4) is 0 Å². The third-order valence-corrected chi connectivity index (χ3v) is 5.19. The smallest absolute Gasteiger partial charge is 0.429 e. The molecule has 1 aromatic carbocycles. The highest BCUT2D eigenvalue weighted by Gasteiger charge is 2.42. The van der Waals surface area contributed by atoms with Crippen LogP contribution in [0.3, 0.4) is 0 Å². The number of nitrogens with zero attached hydrogens (tertiary/aromatic N) is 2. The Morgan fingerprint density at radius 3 is 2.07 bits per heavy atom. The van der Waals surface area contributed by atoms with E-state index < -0.39 is 17.8 Å². The standard InChI is InChI=1S/C21H30N2O4/c1-21(2,3)27-20(25)23-14-18-12-8-7-11-17(18)13-22(23)19(24)26-15-16-9-5-4-6-10-16/h4-6,9-10,17-18H,7-8,11-15H2,1-3H3. The monoisotopic (exact) mass is 374 g/mol. The number of carbonyl (C=O) groups excluding carboxylic acids is 2. The van der Waals surface area contributed by atoms with Gasteiger partial charge in [-0.1, -0.05) is 43.2 Å². The lowest BCUT2D eigenvalue weighted by atomic mass is 9.78. The summed E-state index contributed by atoms with van der Waals surface area (Å²) in [6.07, 6.45) is 3.57. The lowest BCUT2D eigenvalue weighted by Crippen LogP contribution is -2.59. The van der Waals surface area contributed by atoms with Gasteiger partial charge in [0.15, 0.2) is 0 Å². The van der Waals surface area contributed by atoms with Gasteiger partial charge in [-0.05, 0) is 51.0 Å². The second-order valence-electron chi connectivity index (χ2n) is 8.49. The van der Waals surface area contributed by atoms with Crippen LogP contribution in [0.25, 0.3) is 0 Å². The molecule has 1 aliphatic heterocycles. The summed E-state index contributed by atoms with van der Waals surface area (Å²) in [6.45, 7) is 6.70. The molecule has 1 aliphatic carbocycles. The Hall–Kier alpha value is -2.24. The fourth-order valence-electron chi connectivity index (χ4n) is 3.86. The van der Waals surface area contributed by atoms with Crippen molar-refractivity contribution in [1.82, 2.24) is 10.0 Å². The topological polar surface area (TPSA) is 59.1 Å². The molecule has 3 rings (SSSR count). The summed E-state index contributed by atoms with van der Waals surface area (Å²) in [5, 5.41) is 2.90. The molecule has 1 heterocycles. The lowest BCUT2D eigenvalue weighted by Gasteiger charge is -2.46. The molecule has 2 aliphatic rings. The predicted octanol–water partition coefficient (Wildman–Crippen LogP) is 4.60. The van der Waals surface area contributed by atoms with E-state index in [1.165, 1.54) is 22.9 Å². The maximum Gasteiger partial charge on any atom is 0.429 e. The van der Waals surface area contributed by atoms with Crippen molar-refractivity contribution < 1.29 is 19.1 Å². The van der Waals surface area contributed by atoms with Gasteiger partial charge in [0.2, 0.25) is 0 Å². The maximum atomic E-state index is 12.8. The molecule has 0 spiro atoms. The summed E-state index contributed by atoms with van der Waals surface area (Å²) >= 11 is 0. The highest BCUT2D eigenvalue weighted by Crippen LogP contribution is 2.36. The van der Waals surface area contributed by atoms with E-state index in [1.807, 2.05) is 51.1 Å². The van der Waals surface area contributed by atoms with Crippen molar-refractivity contribution in [3.05, 3.63) is 35.9 Å². The van der Waals surface area contributed by atoms with Crippen molar-refractivity contribution in [2.75, 3.05) is 13.1 Å². The number of carbonyl (C=O) groups is 2. The minimum atomic E-state index is -0.611. The molecule has 0 aromatic heterocycles. The van der Waals surface area contributed by atoms with Crippen LogP contribution in [0.15, 0.2) is 30.3 Å². The average molecular weight is 374 g/mol. The fraction of sp³-hybridized carbons (Fsp3) is 0.619. The number of rotatable bonds is 2. The number of hydrazine groups is 1. The number of benzene rings is 1. The number of hydrogen-bond acceptors (Lipinski definition) is 4. The third-order valence-electron chi connectivity index (χ3n) is 5.19. The normalized spacial score (nSPS) is 22.8. The van der Waals surface area contributed by atoms with Crippen molar-refractivity contribution in [2.24, 2.45) is 11.8 Å². The molecule has 0 N–H and O–H groups in total. The van der Waals surface area contributed by atoms with E-state index >= 15 is 0 Å². The van der Waals surface area contributed by atoms with E-state index in [-0.39, 0.29) is 6.61 Å². The van der Waals surface area contributed by atoms with E-state index in [9.17, 15) is 9.59 Å². The highest BCUT2D eigenvalue weighted by atomic mass is 16.6. The van der Waals surface area contributed by atoms with Crippen molar-refractivity contribution >= 4 is 12.2 Å². The zero-order chi connectivity index (χ0) is 19.4. The van der Waals surface area contributed by atoms with Crippen molar-refractivity contribution in [3.63, 3.8) is 0 Å². The number of hydrogen-bond donors (Lipinski definition) is 0. The summed E-state index contributed by atoms with van der Waals surface area (Å²) in [5.41, 5.74) is 0.308. The molecule has 148 valence electrons. The van der Waals surface area contributed by atoms with Gasteiger partial charge in [0, 0.05) is 13.1 Å². The minimum absolute atomic E-state index is 0.187. The molecule has 2 amide bonds. The van der Waals surface area contributed by atoms with Crippen LogP contribution < -0.4 is 0 Å². The van der Waals surface area contributed by atoms with Crippen LogP contribution in [0.1, 0.15) is 52.0 Å². The van der Waals surface area contributed by atoms with E-state index in [2.05, 4.69) is 0 Å². The molecule has 2 fully saturated rings. The van der Waals surface area contributed by atoms with Crippen LogP contribution in [0.4, 0.5) is 9.59 Å². The van der Waals surface area contributed by atoms with Crippen molar-refractivity contribution in [1.29, 1.82) is 0 Å². The Labute approximate surface area is 161 Å². The third kappa shape index (κ3) is 5.15. The summed E-state index contributed by atoms with van der Waals surface area (Å²) < 4.78 is 11.0. The van der Waals surface area contributed by atoms with Crippen LogP contribution in [-0.2, 0) is 16.1 Å². The zero-order valence-electron chi connectivity index (χ0n) is 16.5. The lowest BCUT2D eigenvalue weighted by molar-refractivity contribution is -0.0933. The van der Waals surface area contributed by atoms with E-state index in [0.717, 1.165) is 18.4 Å². The number of amides is 2. The van der Waals surface area contributed by atoms with Gasteiger partial charge >= 0.3 is 12.2 Å². The first-order valence-corrected chi connectivity index (χ1v) is 9.82. The van der Waals surface area contributed by atoms with E-state index in [1.54, 1.807) is 0 Å². The van der Waals surface area contributed by atoms with E-state index in [4.69, 9.17) is 9.47 Å². The molecule has 2 atom stereocenters. The van der Waals surface area contributed by atoms with Gasteiger partial charge in [0.1, 0.15) is 12.2 Å². The first-order valence-electron chi connectivity index (χ1n) is 9.82. The molecule has 1 saturated heterocycles. The van der Waals surface area contributed by atoms with Gasteiger partial charge in [-0.15, -0.1) is 0 Å². The quantitative estimate of drug-likeness (QED) is 0.759. The zero-order valence-corrected chi connectivity index (χ0v) is 16.5. The van der Waals surface area contributed by atoms with Crippen LogP contribution >= 0.6 is 0 Å². The molecule has 0 bridgehead atoms. The van der Waals surface area contributed by atoms with Gasteiger partial charge in [-0.25, -0.2) is 19.6 Å². The summed E-state index contributed by atoms with van der Waals surface area (Å²) in [6, 6.07) is 9.55. The summed E-state index contributed by atoms with van der Waals surface area (Å²) in [4.78, 5) is 25.5. The largest absolute Gasteiger partial charge is 0.443 e. The second-order valence-corrected chi connectivity index (χ2v) is 8.49. The molecule has 6 nitrogen and oxygen atoms in total. The van der Waals surface area contributed by atoms with Gasteiger partial charge in [0.25, 0.3) is 0 Å². The van der Waals surface area contributed by atoms with Crippen LogP contribution in [0.5, 0.6) is 0 Å². The molecule has 0 radical (unpaired) electrons. The van der Waals surface area contributed by atoms with Crippen molar-refractivity contribution in [2.45, 2.75) is 58.7 Å². The maximum absolute atomic E-state index is 12.8. The Morgan fingerprint density at radius 1 is 0.963 bits per heavy atom. The summed E-state index contributed by atoms with van der Waals surface area (Å²) in [7, 11) is 0. The molecule has 6 heteroatoms. The Kier molecular flexibility index (Phi) is 5.92. The molecule has 1 aromatic rings. The average Bonchev–Trinajstić information content (AvgIpc) is 2.64. The molecule has 27 heavy (non-hydrogen) atoms. The van der Waals surface area contributed by atoms with Gasteiger partial charge in [-0.2, -0.15) is 0 Å². The highest BCUT2D eigenvalue weighted by molar-refractivity contribution is 5.74. The summed E-state index contributed by atoms with van der Waals surface area (Å²) in [5.74, 6) is 0.839. The SMILES string of the molecule is CC(C)(C)OC(=O)N1CC2CCCCC2CN1C(=O)OCc1ccccc1. The number of fused-ring (bicyclic) bond motifs is 1. The van der Waals surface area contributed by atoms with Gasteiger partial charge in [0.05, 0.1) is 0 Å². The number of ether oxygens (including phenoxy) is 2. The molecular weight excluding hydrogens is 344 g/mol. The Balaban J connectivity index is 1.71. The van der Waals surface area contributed by atoms with Crippen LogP contribution in [0, 0.1) is 11.8 Å². The van der Waals surface area contributed by atoms with Gasteiger partial charge in [-0.3, -0.25) is 0 Å². The first-order chi connectivity index (χ1) is 12.8. The van der Waals surface area contributed by atoms with E-state index in [0.29, 0.717) is 24.9 Å². The molecule has 2 unspecified atom stereocenters. The second kappa shape index (κ2) is 8.19. The Morgan fingerprint density at radius 2 is 1.52 bits per heavy atom. The fourth-order valence-corrected chi connectivity index (χ4v) is 3.86. The first kappa shape index (κ1) is 19.5. The molecule has 1 saturated carbocycles. The van der Waals surface area contributed by atoms with Crippen LogP contribution in [-0.4, -0.2) is 40.9 Å². The minimum Gasteiger partial charge on any atom is -0.443 e. The van der Waals surface area contributed by atoms with Gasteiger partial charge < -0.3 is 9.47 Å².